The number of methoxy groups -OCH3 is 1. The molecule has 0 N–H and O–H groups in total. The third kappa shape index (κ3) is 1.01. The summed E-state index contributed by atoms with van der Waals surface area (Å²) in [6.07, 6.45) is 1.85. The lowest BCUT2D eigenvalue weighted by Crippen LogP contribution is -2.10. The molecule has 1 aliphatic heterocycles. The summed E-state index contributed by atoms with van der Waals surface area (Å²) in [6, 6.07) is 0. The summed E-state index contributed by atoms with van der Waals surface area (Å²) in [4.78, 5) is 1.94. The Kier molecular flexibility index (Phi) is 1.53. The third-order valence-corrected chi connectivity index (χ3v) is 1.10. The van der Waals surface area contributed by atoms with Crippen molar-refractivity contribution >= 4 is 0 Å². The van der Waals surface area contributed by atoms with Crippen LogP contribution in [0.5, 0.6) is 0 Å². The minimum absolute atomic E-state index is 0.858. The maximum absolute atomic E-state index is 4.94. The number of likely N-dealkylation sites (N-methyl/N-ethyl adjacent to an activating group) is 1. The van der Waals surface area contributed by atoms with Crippen LogP contribution in [-0.4, -0.2) is 25.6 Å². The molecule has 2 heteroatoms. The van der Waals surface area contributed by atoms with E-state index in [0.29, 0.717) is 0 Å². The van der Waals surface area contributed by atoms with Crippen LogP contribution in [0.2, 0.25) is 0 Å². The third-order valence-electron chi connectivity index (χ3n) is 1.10. The molecule has 44 valence electrons. The maximum Gasteiger partial charge on any atom is 0.108 e. The molecule has 0 bridgehead atoms. The Bertz CT molecular complexity index is 109. The van der Waals surface area contributed by atoms with Crippen molar-refractivity contribution in [2.45, 2.75) is 0 Å². The molecule has 0 aromatic carbocycles. The summed E-state index contributed by atoms with van der Waals surface area (Å²) in [5, 5.41) is 0. The predicted molar refractivity (Wildman–Crippen MR) is 31.0 cm³/mol. The highest BCUT2D eigenvalue weighted by Crippen LogP contribution is 2.09. The highest BCUT2D eigenvalue weighted by Gasteiger charge is 2.09. The molecule has 1 rings (SSSR count). The van der Waals surface area contributed by atoms with Crippen molar-refractivity contribution in [3.8, 4) is 0 Å². The van der Waals surface area contributed by atoms with E-state index < -0.39 is 0 Å². The quantitative estimate of drug-likeness (QED) is 0.488. The van der Waals surface area contributed by atoms with Gasteiger partial charge in [-0.3, -0.25) is 4.90 Å². The number of hydrogen-bond donors (Lipinski definition) is 0. The van der Waals surface area contributed by atoms with Crippen LogP contribution in [-0.2, 0) is 4.74 Å². The van der Waals surface area contributed by atoms with Crippen LogP contribution in [0.25, 0.3) is 0 Å². The van der Waals surface area contributed by atoms with E-state index in [0.717, 1.165) is 12.3 Å². The zero-order valence-corrected chi connectivity index (χ0v) is 5.14. The molecule has 0 atom stereocenters. The Balaban J connectivity index is 2.37. The van der Waals surface area contributed by atoms with Crippen molar-refractivity contribution in [2.75, 3.05) is 20.7 Å². The number of ether oxygens (including phenoxy) is 1. The molecule has 1 heterocycles. The zero-order valence-electron chi connectivity index (χ0n) is 5.14. The van der Waals surface area contributed by atoms with Crippen LogP contribution in [0.4, 0.5) is 0 Å². The van der Waals surface area contributed by atoms with Crippen molar-refractivity contribution in [3.05, 3.63) is 18.4 Å². The van der Waals surface area contributed by atoms with Gasteiger partial charge in [0, 0.05) is 0 Å². The lowest BCUT2D eigenvalue weighted by molar-refractivity contribution is 0.268. The van der Waals surface area contributed by atoms with Gasteiger partial charge < -0.3 is 4.74 Å². The fraction of sp³-hybridized carbons (Fsp3) is 0.500. The Labute approximate surface area is 49.7 Å². The molecule has 0 saturated carbocycles. The first-order chi connectivity index (χ1) is 3.83. The molecule has 0 amide bonds. The van der Waals surface area contributed by atoms with Crippen LogP contribution in [0.3, 0.4) is 0 Å². The average Bonchev–Trinajstić information content (AvgIpc) is 2.14. The maximum atomic E-state index is 4.94. The first-order valence-corrected chi connectivity index (χ1v) is 2.53. The van der Waals surface area contributed by atoms with Crippen LogP contribution in [0.1, 0.15) is 0 Å². The van der Waals surface area contributed by atoms with Gasteiger partial charge in [-0.1, -0.05) is 0 Å². The van der Waals surface area contributed by atoms with Crippen LogP contribution >= 0.6 is 0 Å². The molecular formula is C6H9NO. The summed E-state index contributed by atoms with van der Waals surface area (Å²) in [6.45, 7) is 3.82. The van der Waals surface area contributed by atoms with Crippen molar-refractivity contribution < 1.29 is 4.74 Å². The van der Waals surface area contributed by atoms with Gasteiger partial charge in [-0.25, -0.2) is 0 Å². The monoisotopic (exact) mass is 111 g/mol. The van der Waals surface area contributed by atoms with Gasteiger partial charge in [0.05, 0.1) is 20.2 Å². The van der Waals surface area contributed by atoms with Gasteiger partial charge in [-0.2, -0.15) is 0 Å². The molecule has 8 heavy (non-hydrogen) atoms. The first kappa shape index (κ1) is 5.63. The molecule has 0 aromatic heterocycles. The molecular weight excluding hydrogens is 102 g/mol. The molecule has 0 aliphatic carbocycles. The largest absolute Gasteiger partial charge is 0.500 e. The topological polar surface area (TPSA) is 12.5 Å². The van der Waals surface area contributed by atoms with E-state index in [4.69, 9.17) is 4.74 Å². The van der Waals surface area contributed by atoms with Crippen LogP contribution < -0.4 is 0 Å². The van der Waals surface area contributed by atoms with E-state index in [-0.39, 0.29) is 0 Å². The SMILES string of the molecule is COC1=C[C]N(C)C1. The standard InChI is InChI=1S/C6H9NO/c1-7-4-3-6(5-7)8-2/h3H,5H2,1-2H3. The highest BCUT2D eigenvalue weighted by atomic mass is 16.5. The predicted octanol–water partition coefficient (Wildman–Crippen LogP) is 0.501. The lowest BCUT2D eigenvalue weighted by Gasteiger charge is -2.04. The minimum atomic E-state index is 0.858. The van der Waals surface area contributed by atoms with E-state index in [1.807, 2.05) is 18.0 Å². The average molecular weight is 111 g/mol. The van der Waals surface area contributed by atoms with Crippen molar-refractivity contribution in [1.82, 2.24) is 4.90 Å². The molecule has 0 saturated heterocycles. The van der Waals surface area contributed by atoms with E-state index in [1.165, 1.54) is 0 Å². The van der Waals surface area contributed by atoms with Gasteiger partial charge in [-0.15, -0.1) is 0 Å². The van der Waals surface area contributed by atoms with Crippen LogP contribution in [0, 0.1) is 6.54 Å². The Morgan fingerprint density at radius 2 is 2.62 bits per heavy atom. The second-order valence-electron chi connectivity index (χ2n) is 1.80. The molecule has 0 aromatic rings. The van der Waals surface area contributed by atoms with Crippen LogP contribution in [0.15, 0.2) is 11.8 Å². The number of rotatable bonds is 1. The summed E-state index contributed by atoms with van der Waals surface area (Å²) < 4.78 is 4.94. The highest BCUT2D eigenvalue weighted by molar-refractivity contribution is 5.10. The molecule has 0 fully saturated rings. The zero-order chi connectivity index (χ0) is 5.98. The second-order valence-corrected chi connectivity index (χ2v) is 1.80. The Morgan fingerprint density at radius 3 is 2.88 bits per heavy atom. The van der Waals surface area contributed by atoms with E-state index in [9.17, 15) is 0 Å². The van der Waals surface area contributed by atoms with E-state index >= 15 is 0 Å². The van der Waals surface area contributed by atoms with Crippen molar-refractivity contribution in [2.24, 2.45) is 0 Å². The lowest BCUT2D eigenvalue weighted by atomic mass is 10.5. The van der Waals surface area contributed by atoms with Gasteiger partial charge >= 0.3 is 0 Å². The normalized spacial score (nSPS) is 21.0. The summed E-state index contributed by atoms with van der Waals surface area (Å²) in [7, 11) is 3.63. The van der Waals surface area contributed by atoms with Crippen molar-refractivity contribution in [1.29, 1.82) is 0 Å². The summed E-state index contributed by atoms with van der Waals surface area (Å²) in [5.74, 6) is 0.979. The van der Waals surface area contributed by atoms with E-state index in [2.05, 4.69) is 6.54 Å². The fourth-order valence-corrected chi connectivity index (χ4v) is 0.631. The molecule has 0 unspecified atom stereocenters. The summed E-state index contributed by atoms with van der Waals surface area (Å²) in [5.41, 5.74) is 0. The van der Waals surface area contributed by atoms with Gasteiger partial charge in [0.2, 0.25) is 0 Å². The van der Waals surface area contributed by atoms with E-state index in [1.54, 1.807) is 7.11 Å². The van der Waals surface area contributed by atoms with Gasteiger partial charge in [0.15, 0.2) is 0 Å². The number of hydrogen-bond acceptors (Lipinski definition) is 2. The summed E-state index contributed by atoms with van der Waals surface area (Å²) >= 11 is 0. The number of nitrogens with zero attached hydrogens (tertiary/aromatic N) is 1. The Hall–Kier alpha value is -0.500. The fourth-order valence-electron chi connectivity index (χ4n) is 0.631. The van der Waals surface area contributed by atoms with Gasteiger partial charge in [0.25, 0.3) is 0 Å². The van der Waals surface area contributed by atoms with Gasteiger partial charge in [0.1, 0.15) is 5.76 Å². The Morgan fingerprint density at radius 1 is 1.88 bits per heavy atom. The van der Waals surface area contributed by atoms with Gasteiger partial charge in [-0.05, 0) is 13.1 Å². The second kappa shape index (κ2) is 2.18. The molecule has 2 radical (unpaired) electrons. The van der Waals surface area contributed by atoms with Crippen molar-refractivity contribution in [3.63, 3.8) is 0 Å². The molecule has 0 spiro atoms. The molecule has 2 nitrogen and oxygen atoms in total. The minimum Gasteiger partial charge on any atom is -0.500 e. The smallest absolute Gasteiger partial charge is 0.108 e. The molecule has 1 aliphatic rings. The first-order valence-electron chi connectivity index (χ1n) is 2.53.